The minimum Gasteiger partial charge on any atom is -0.496 e. The van der Waals surface area contributed by atoms with E-state index in [1.165, 1.54) is 40.4 Å². The topological polar surface area (TPSA) is 65.6 Å². The largest absolute Gasteiger partial charge is 0.496 e. The molecule has 2 aliphatic rings. The van der Waals surface area contributed by atoms with Gasteiger partial charge in [-0.05, 0) is 73.9 Å². The molecular formula is C26H30N2O3. The van der Waals surface area contributed by atoms with E-state index >= 15 is 0 Å². The number of benzene rings is 2. The smallest absolute Gasteiger partial charge is 0.335 e. The van der Waals surface area contributed by atoms with Crippen molar-refractivity contribution in [2.24, 2.45) is 5.92 Å². The predicted molar refractivity (Wildman–Crippen MR) is 122 cm³/mol. The van der Waals surface area contributed by atoms with Gasteiger partial charge in [0.1, 0.15) is 5.75 Å². The Morgan fingerprint density at radius 1 is 1.29 bits per heavy atom. The minimum absolute atomic E-state index is 0.0576. The lowest BCUT2D eigenvalue weighted by atomic mass is 9.77. The van der Waals surface area contributed by atoms with Gasteiger partial charge in [-0.3, -0.25) is 4.90 Å². The van der Waals surface area contributed by atoms with Crippen LogP contribution in [0.1, 0.15) is 59.7 Å². The third-order valence-electron chi connectivity index (χ3n) is 7.57. The Kier molecular flexibility index (Phi) is 4.82. The quantitative estimate of drug-likeness (QED) is 0.576. The molecular weight excluding hydrogens is 388 g/mol. The summed E-state index contributed by atoms with van der Waals surface area (Å²) in [7, 11) is 1.75. The van der Waals surface area contributed by atoms with Gasteiger partial charge in [-0.15, -0.1) is 0 Å². The average molecular weight is 419 g/mol. The third-order valence-corrected chi connectivity index (χ3v) is 7.57. The number of carboxylic acid groups (broad SMARTS) is 1. The molecule has 2 fully saturated rings. The molecule has 3 atom stereocenters. The van der Waals surface area contributed by atoms with E-state index in [1.54, 1.807) is 19.2 Å². The molecule has 0 amide bonds. The molecule has 2 saturated heterocycles. The van der Waals surface area contributed by atoms with Gasteiger partial charge in [-0.25, -0.2) is 4.79 Å². The highest BCUT2D eigenvalue weighted by Crippen LogP contribution is 2.53. The number of piperidine rings is 1. The van der Waals surface area contributed by atoms with Gasteiger partial charge in [0, 0.05) is 40.8 Å². The van der Waals surface area contributed by atoms with Gasteiger partial charge in [0.25, 0.3) is 0 Å². The standard InChI is InChI=1S/C26H30N2O3/c1-16-12-20-8-10-26(14-16,19-6-4-18(5-7-19)25(29)30)28(20)15-22-21-9-11-27-24(21)17(2)13-23(22)31-3/h4-7,9,11,13,16,20,27H,8,10,12,14-15H2,1-3H3,(H,29,30)/t16-,20+,26?/m1/s1. The van der Waals surface area contributed by atoms with Crippen LogP contribution in [0.15, 0.2) is 42.6 Å². The van der Waals surface area contributed by atoms with Crippen molar-refractivity contribution in [2.45, 2.75) is 57.7 Å². The maximum Gasteiger partial charge on any atom is 0.335 e. The second-order valence-electron chi connectivity index (χ2n) is 9.42. The van der Waals surface area contributed by atoms with Crippen LogP contribution in [0.3, 0.4) is 0 Å². The van der Waals surface area contributed by atoms with E-state index in [-0.39, 0.29) is 5.54 Å². The number of aryl methyl sites for hydroxylation is 1. The maximum absolute atomic E-state index is 11.4. The Labute approximate surface area is 183 Å². The molecule has 0 aliphatic carbocycles. The number of hydrogen-bond acceptors (Lipinski definition) is 3. The zero-order valence-electron chi connectivity index (χ0n) is 18.4. The Hall–Kier alpha value is -2.79. The summed E-state index contributed by atoms with van der Waals surface area (Å²) in [5.41, 5.74) is 5.13. The van der Waals surface area contributed by atoms with Crippen LogP contribution in [-0.2, 0) is 12.1 Å². The van der Waals surface area contributed by atoms with Crippen LogP contribution in [0, 0.1) is 12.8 Å². The number of hydrogen-bond donors (Lipinski definition) is 2. The molecule has 31 heavy (non-hydrogen) atoms. The van der Waals surface area contributed by atoms with Crippen molar-refractivity contribution in [3.05, 3.63) is 64.8 Å². The number of carbonyl (C=O) groups is 1. The summed E-state index contributed by atoms with van der Waals surface area (Å²) in [6.07, 6.45) is 6.60. The Bertz CT molecular complexity index is 1130. The van der Waals surface area contributed by atoms with Crippen molar-refractivity contribution < 1.29 is 14.6 Å². The van der Waals surface area contributed by atoms with Crippen LogP contribution >= 0.6 is 0 Å². The SMILES string of the molecule is COc1cc(C)c2[nH]ccc2c1CN1[C@H]2CCC1(c1ccc(C(=O)O)cc1)C[C@H](C)C2. The molecule has 0 saturated carbocycles. The zero-order chi connectivity index (χ0) is 21.8. The Balaban J connectivity index is 1.60. The Morgan fingerprint density at radius 2 is 2.06 bits per heavy atom. The molecule has 5 nitrogen and oxygen atoms in total. The average Bonchev–Trinajstić information content (AvgIpc) is 3.32. The van der Waals surface area contributed by atoms with E-state index in [9.17, 15) is 9.90 Å². The number of rotatable bonds is 5. The van der Waals surface area contributed by atoms with Gasteiger partial charge in [0.2, 0.25) is 0 Å². The van der Waals surface area contributed by atoms with Crippen molar-refractivity contribution in [3.63, 3.8) is 0 Å². The lowest BCUT2D eigenvalue weighted by Crippen LogP contribution is -2.49. The fourth-order valence-corrected chi connectivity index (χ4v) is 6.23. The first kappa shape index (κ1) is 20.1. The van der Waals surface area contributed by atoms with Gasteiger partial charge in [0.15, 0.2) is 0 Å². The van der Waals surface area contributed by atoms with E-state index in [0.717, 1.165) is 25.1 Å². The van der Waals surface area contributed by atoms with Gasteiger partial charge in [-0.1, -0.05) is 19.1 Å². The van der Waals surface area contributed by atoms with Crippen molar-refractivity contribution in [1.29, 1.82) is 0 Å². The first-order chi connectivity index (χ1) is 14.9. The fourth-order valence-electron chi connectivity index (χ4n) is 6.23. The summed E-state index contributed by atoms with van der Waals surface area (Å²) in [4.78, 5) is 17.4. The highest BCUT2D eigenvalue weighted by Gasteiger charge is 2.51. The molecule has 1 unspecified atom stereocenters. The Morgan fingerprint density at radius 3 is 2.77 bits per heavy atom. The second-order valence-corrected chi connectivity index (χ2v) is 9.42. The number of aromatic amines is 1. The molecule has 2 aliphatic heterocycles. The van der Waals surface area contributed by atoms with Gasteiger partial charge in [-0.2, -0.15) is 0 Å². The highest BCUT2D eigenvalue weighted by molar-refractivity contribution is 5.88. The molecule has 3 heterocycles. The number of aromatic nitrogens is 1. The molecule has 2 aromatic carbocycles. The van der Waals surface area contributed by atoms with E-state index in [1.807, 2.05) is 18.3 Å². The van der Waals surface area contributed by atoms with E-state index < -0.39 is 5.97 Å². The molecule has 5 rings (SSSR count). The molecule has 162 valence electrons. The molecule has 0 spiro atoms. The highest BCUT2D eigenvalue weighted by atomic mass is 16.5. The number of ether oxygens (including phenoxy) is 1. The number of aromatic carboxylic acids is 1. The molecule has 5 heteroatoms. The third kappa shape index (κ3) is 3.14. The monoisotopic (exact) mass is 418 g/mol. The maximum atomic E-state index is 11.4. The molecule has 3 aromatic rings. The van der Waals surface area contributed by atoms with Crippen LogP contribution in [0.25, 0.3) is 10.9 Å². The lowest BCUT2D eigenvalue weighted by Gasteiger charge is -2.48. The first-order valence-electron chi connectivity index (χ1n) is 11.2. The summed E-state index contributed by atoms with van der Waals surface area (Å²) in [5, 5.41) is 10.6. The summed E-state index contributed by atoms with van der Waals surface area (Å²) in [5.74, 6) is 0.718. The van der Waals surface area contributed by atoms with Crippen molar-refractivity contribution in [1.82, 2.24) is 9.88 Å². The lowest BCUT2D eigenvalue weighted by molar-refractivity contribution is 0.0181. The number of methoxy groups -OCH3 is 1. The van der Waals surface area contributed by atoms with E-state index in [2.05, 4.69) is 35.9 Å². The second kappa shape index (κ2) is 7.41. The normalized spacial score (nSPS) is 25.8. The van der Waals surface area contributed by atoms with Crippen molar-refractivity contribution >= 4 is 16.9 Å². The number of nitrogens with zero attached hydrogens (tertiary/aromatic N) is 1. The number of nitrogens with one attached hydrogen (secondary N) is 1. The predicted octanol–water partition coefficient (Wildman–Crippen LogP) is 5.47. The first-order valence-corrected chi connectivity index (χ1v) is 11.2. The van der Waals surface area contributed by atoms with Crippen LogP contribution < -0.4 is 4.74 Å². The van der Waals surface area contributed by atoms with Crippen LogP contribution in [0.5, 0.6) is 5.75 Å². The minimum atomic E-state index is -0.874. The van der Waals surface area contributed by atoms with Crippen LogP contribution in [0.4, 0.5) is 0 Å². The summed E-state index contributed by atoms with van der Waals surface area (Å²) >= 11 is 0. The van der Waals surface area contributed by atoms with Gasteiger partial charge >= 0.3 is 5.97 Å². The van der Waals surface area contributed by atoms with Crippen molar-refractivity contribution in [2.75, 3.05) is 7.11 Å². The van der Waals surface area contributed by atoms with Crippen LogP contribution in [-0.4, -0.2) is 34.1 Å². The summed E-state index contributed by atoms with van der Waals surface area (Å²) in [6.45, 7) is 5.30. The van der Waals surface area contributed by atoms with Gasteiger partial charge in [0.05, 0.1) is 12.7 Å². The van der Waals surface area contributed by atoms with E-state index in [4.69, 9.17) is 4.74 Å². The molecule has 2 bridgehead atoms. The zero-order valence-corrected chi connectivity index (χ0v) is 18.4. The number of H-pyrrole nitrogens is 1. The van der Waals surface area contributed by atoms with Crippen LogP contribution in [0.2, 0.25) is 0 Å². The van der Waals surface area contributed by atoms with Gasteiger partial charge < -0.3 is 14.8 Å². The summed E-state index contributed by atoms with van der Waals surface area (Å²) < 4.78 is 5.83. The summed E-state index contributed by atoms with van der Waals surface area (Å²) in [6, 6.07) is 12.4. The molecule has 1 aromatic heterocycles. The number of fused-ring (bicyclic) bond motifs is 3. The number of carboxylic acids is 1. The fraction of sp³-hybridized carbons (Fsp3) is 0.423. The molecule has 0 radical (unpaired) electrons. The van der Waals surface area contributed by atoms with E-state index in [0.29, 0.717) is 17.5 Å². The van der Waals surface area contributed by atoms with Crippen molar-refractivity contribution in [3.8, 4) is 5.75 Å². The molecule has 2 N–H and O–H groups in total.